The molecule has 5 heteroatoms. The van der Waals surface area contributed by atoms with Crippen molar-refractivity contribution in [3.63, 3.8) is 0 Å². The van der Waals surface area contributed by atoms with Crippen molar-refractivity contribution in [2.75, 3.05) is 13.2 Å². The van der Waals surface area contributed by atoms with E-state index in [1.807, 2.05) is 42.5 Å². The molecule has 3 N–H and O–H groups in total. The van der Waals surface area contributed by atoms with Crippen molar-refractivity contribution in [1.29, 1.82) is 0 Å². The Kier molecular flexibility index (Phi) is 3.16. The predicted octanol–water partition coefficient (Wildman–Crippen LogP) is 2.97. The number of amides is 1. The smallest absolute Gasteiger partial charge is 0.404 e. The number of carboxylic acid groups (broad SMARTS) is 1. The van der Waals surface area contributed by atoms with Crippen LogP contribution in [0.2, 0.25) is 0 Å². The van der Waals surface area contributed by atoms with Gasteiger partial charge in [-0.2, -0.15) is 0 Å². The first-order valence-electron chi connectivity index (χ1n) is 6.35. The van der Waals surface area contributed by atoms with Crippen molar-refractivity contribution in [3.05, 3.63) is 42.5 Å². The number of benzene rings is 2. The third-order valence-electron chi connectivity index (χ3n) is 3.13. The maximum absolute atomic E-state index is 10.4. The van der Waals surface area contributed by atoms with Crippen LogP contribution in [-0.4, -0.2) is 29.3 Å². The van der Waals surface area contributed by atoms with Gasteiger partial charge in [0.2, 0.25) is 0 Å². The van der Waals surface area contributed by atoms with Gasteiger partial charge in [-0.3, -0.25) is 0 Å². The molecule has 0 saturated heterocycles. The lowest BCUT2D eigenvalue weighted by Crippen LogP contribution is -2.26. The van der Waals surface area contributed by atoms with Crippen LogP contribution < -0.4 is 10.1 Å². The quantitative estimate of drug-likeness (QED) is 0.638. The SMILES string of the molecule is O=C(O)NCCOc1cccc2[nH]c3ccccc3c12. The zero-order chi connectivity index (χ0) is 13.9. The summed E-state index contributed by atoms with van der Waals surface area (Å²) in [6.07, 6.45) is -1.04. The Morgan fingerprint density at radius 1 is 1.15 bits per heavy atom. The van der Waals surface area contributed by atoms with E-state index in [0.29, 0.717) is 6.61 Å². The van der Waals surface area contributed by atoms with Crippen molar-refractivity contribution >= 4 is 27.9 Å². The molecule has 1 heterocycles. The number of H-pyrrole nitrogens is 1. The fourth-order valence-electron chi connectivity index (χ4n) is 2.31. The standard InChI is InChI=1S/C15H14N2O3/c18-15(19)16-8-9-20-13-7-3-6-12-14(13)10-4-1-2-5-11(10)17-12/h1-7,16-17H,8-9H2,(H,18,19). The highest BCUT2D eigenvalue weighted by molar-refractivity contribution is 6.10. The van der Waals surface area contributed by atoms with Crippen LogP contribution in [0, 0.1) is 0 Å². The maximum Gasteiger partial charge on any atom is 0.404 e. The minimum atomic E-state index is -1.04. The Balaban J connectivity index is 1.92. The number of fused-ring (bicyclic) bond motifs is 3. The second-order valence-corrected chi connectivity index (χ2v) is 4.43. The van der Waals surface area contributed by atoms with Gasteiger partial charge >= 0.3 is 6.09 Å². The molecule has 3 rings (SSSR count). The van der Waals surface area contributed by atoms with E-state index < -0.39 is 6.09 Å². The minimum Gasteiger partial charge on any atom is -0.491 e. The number of carbonyl (C=O) groups is 1. The lowest BCUT2D eigenvalue weighted by Gasteiger charge is -2.07. The molecular formula is C15H14N2O3. The summed E-state index contributed by atoms with van der Waals surface area (Å²) >= 11 is 0. The fraction of sp³-hybridized carbons (Fsp3) is 0.133. The molecule has 102 valence electrons. The number of para-hydroxylation sites is 1. The Hall–Kier alpha value is -2.69. The normalized spacial score (nSPS) is 10.8. The van der Waals surface area contributed by atoms with E-state index in [0.717, 1.165) is 27.6 Å². The molecule has 0 radical (unpaired) electrons. The number of hydrogen-bond donors (Lipinski definition) is 3. The molecule has 0 aliphatic carbocycles. The average Bonchev–Trinajstić information content (AvgIpc) is 2.82. The lowest BCUT2D eigenvalue weighted by atomic mass is 10.1. The fourth-order valence-corrected chi connectivity index (χ4v) is 2.31. The zero-order valence-electron chi connectivity index (χ0n) is 10.7. The van der Waals surface area contributed by atoms with Gasteiger partial charge in [0, 0.05) is 16.3 Å². The largest absolute Gasteiger partial charge is 0.491 e. The van der Waals surface area contributed by atoms with Gasteiger partial charge in [-0.15, -0.1) is 0 Å². The third kappa shape index (κ3) is 2.25. The summed E-state index contributed by atoms with van der Waals surface area (Å²) in [5, 5.41) is 12.9. The van der Waals surface area contributed by atoms with Crippen LogP contribution in [0.5, 0.6) is 5.75 Å². The summed E-state index contributed by atoms with van der Waals surface area (Å²) in [5.41, 5.74) is 2.07. The van der Waals surface area contributed by atoms with E-state index in [2.05, 4.69) is 10.3 Å². The molecule has 1 amide bonds. The summed E-state index contributed by atoms with van der Waals surface area (Å²) < 4.78 is 5.69. The topological polar surface area (TPSA) is 74.3 Å². The van der Waals surface area contributed by atoms with Crippen molar-refractivity contribution in [1.82, 2.24) is 10.3 Å². The van der Waals surface area contributed by atoms with Crippen molar-refractivity contribution < 1.29 is 14.6 Å². The second-order valence-electron chi connectivity index (χ2n) is 4.43. The first-order chi connectivity index (χ1) is 9.75. The number of rotatable bonds is 4. The molecule has 0 unspecified atom stereocenters. The van der Waals surface area contributed by atoms with Gasteiger partial charge in [-0.25, -0.2) is 4.79 Å². The summed E-state index contributed by atoms with van der Waals surface area (Å²) in [6, 6.07) is 13.8. The van der Waals surface area contributed by atoms with Crippen molar-refractivity contribution in [2.24, 2.45) is 0 Å². The van der Waals surface area contributed by atoms with E-state index in [1.54, 1.807) is 0 Å². The van der Waals surface area contributed by atoms with Gasteiger partial charge in [-0.1, -0.05) is 24.3 Å². The van der Waals surface area contributed by atoms with Crippen LogP contribution in [0.15, 0.2) is 42.5 Å². The van der Waals surface area contributed by atoms with E-state index >= 15 is 0 Å². The van der Waals surface area contributed by atoms with Crippen LogP contribution in [-0.2, 0) is 0 Å². The van der Waals surface area contributed by atoms with Gasteiger partial charge in [0.1, 0.15) is 12.4 Å². The molecule has 20 heavy (non-hydrogen) atoms. The molecule has 0 fully saturated rings. The lowest BCUT2D eigenvalue weighted by molar-refractivity contribution is 0.191. The highest BCUT2D eigenvalue weighted by Crippen LogP contribution is 2.32. The maximum atomic E-state index is 10.4. The molecule has 5 nitrogen and oxygen atoms in total. The van der Waals surface area contributed by atoms with Crippen molar-refractivity contribution in [2.45, 2.75) is 0 Å². The minimum absolute atomic E-state index is 0.258. The molecule has 0 saturated carbocycles. The first kappa shape index (κ1) is 12.3. The number of ether oxygens (including phenoxy) is 1. The Labute approximate surface area is 115 Å². The van der Waals surface area contributed by atoms with E-state index in [1.165, 1.54) is 0 Å². The molecule has 0 spiro atoms. The Morgan fingerprint density at radius 3 is 2.80 bits per heavy atom. The predicted molar refractivity (Wildman–Crippen MR) is 77.3 cm³/mol. The highest BCUT2D eigenvalue weighted by atomic mass is 16.5. The first-order valence-corrected chi connectivity index (χ1v) is 6.35. The Morgan fingerprint density at radius 2 is 1.95 bits per heavy atom. The molecule has 2 aromatic carbocycles. The summed E-state index contributed by atoms with van der Waals surface area (Å²) in [4.78, 5) is 13.7. The number of aromatic amines is 1. The van der Waals surface area contributed by atoms with Crippen LogP contribution in [0.25, 0.3) is 21.8 Å². The van der Waals surface area contributed by atoms with E-state index in [4.69, 9.17) is 9.84 Å². The van der Waals surface area contributed by atoms with Crippen LogP contribution in [0.4, 0.5) is 4.79 Å². The van der Waals surface area contributed by atoms with Gasteiger partial charge in [0.25, 0.3) is 0 Å². The van der Waals surface area contributed by atoms with Gasteiger partial charge in [0.15, 0.2) is 0 Å². The molecule has 0 aliphatic rings. The average molecular weight is 270 g/mol. The van der Waals surface area contributed by atoms with Gasteiger partial charge < -0.3 is 20.1 Å². The number of aromatic nitrogens is 1. The molecule has 0 aliphatic heterocycles. The molecule has 1 aromatic heterocycles. The number of nitrogens with one attached hydrogen (secondary N) is 2. The molecule has 0 bridgehead atoms. The van der Waals surface area contributed by atoms with Gasteiger partial charge in [0.05, 0.1) is 12.1 Å². The van der Waals surface area contributed by atoms with Crippen LogP contribution >= 0.6 is 0 Å². The van der Waals surface area contributed by atoms with Gasteiger partial charge in [-0.05, 0) is 18.2 Å². The summed E-state index contributed by atoms with van der Waals surface area (Å²) in [7, 11) is 0. The summed E-state index contributed by atoms with van der Waals surface area (Å²) in [5.74, 6) is 0.757. The highest BCUT2D eigenvalue weighted by Gasteiger charge is 2.08. The van der Waals surface area contributed by atoms with E-state index in [-0.39, 0.29) is 6.54 Å². The monoisotopic (exact) mass is 270 g/mol. The van der Waals surface area contributed by atoms with Crippen LogP contribution in [0.3, 0.4) is 0 Å². The zero-order valence-corrected chi connectivity index (χ0v) is 10.7. The molecule has 3 aromatic rings. The number of hydrogen-bond acceptors (Lipinski definition) is 2. The third-order valence-corrected chi connectivity index (χ3v) is 3.13. The summed E-state index contributed by atoms with van der Waals surface area (Å²) in [6.45, 7) is 0.555. The second kappa shape index (κ2) is 5.13. The van der Waals surface area contributed by atoms with Crippen molar-refractivity contribution in [3.8, 4) is 5.75 Å². The van der Waals surface area contributed by atoms with Crippen LogP contribution in [0.1, 0.15) is 0 Å². The Bertz CT molecular complexity index is 764. The molecular weight excluding hydrogens is 256 g/mol. The molecule has 0 atom stereocenters. The van der Waals surface area contributed by atoms with E-state index in [9.17, 15) is 4.79 Å².